The number of carbonyl (C=O) groups excluding carboxylic acids is 1. The Labute approximate surface area is 127 Å². The second-order valence-electron chi connectivity index (χ2n) is 5.44. The number of rotatable bonds is 4. The zero-order chi connectivity index (χ0) is 13.7. The zero-order valence-electron chi connectivity index (χ0n) is 12.1. The van der Waals surface area contributed by atoms with Gasteiger partial charge in [0, 0.05) is 19.1 Å². The van der Waals surface area contributed by atoms with Crippen LogP contribution in [0.25, 0.3) is 0 Å². The fourth-order valence-corrected chi connectivity index (χ4v) is 2.84. The maximum Gasteiger partial charge on any atom is 0.230 e. The SMILES string of the molecule is CCCC(C(=O)N1CCCC(N)C1)c1ccccc1.Cl. The third-order valence-corrected chi connectivity index (χ3v) is 3.85. The molecule has 0 spiro atoms. The molecule has 2 rings (SSSR count). The molecule has 1 aromatic carbocycles. The predicted molar refractivity (Wildman–Crippen MR) is 85.1 cm³/mol. The Morgan fingerprint density at radius 1 is 1.40 bits per heavy atom. The zero-order valence-corrected chi connectivity index (χ0v) is 12.9. The van der Waals surface area contributed by atoms with Gasteiger partial charge in [0.2, 0.25) is 5.91 Å². The molecule has 1 amide bonds. The van der Waals surface area contributed by atoms with Gasteiger partial charge in [-0.05, 0) is 24.8 Å². The molecule has 3 nitrogen and oxygen atoms in total. The van der Waals surface area contributed by atoms with Crippen molar-refractivity contribution in [2.24, 2.45) is 5.73 Å². The molecule has 2 unspecified atom stereocenters. The smallest absolute Gasteiger partial charge is 0.230 e. The number of carbonyl (C=O) groups is 1. The highest BCUT2D eigenvalue weighted by atomic mass is 35.5. The lowest BCUT2D eigenvalue weighted by Crippen LogP contribution is -2.47. The van der Waals surface area contributed by atoms with E-state index in [1.165, 1.54) is 0 Å². The van der Waals surface area contributed by atoms with Crippen molar-refractivity contribution in [3.05, 3.63) is 35.9 Å². The lowest BCUT2D eigenvalue weighted by atomic mass is 9.92. The van der Waals surface area contributed by atoms with Crippen LogP contribution in [0.15, 0.2) is 30.3 Å². The van der Waals surface area contributed by atoms with Gasteiger partial charge in [0.15, 0.2) is 0 Å². The molecule has 0 aromatic heterocycles. The average molecular weight is 297 g/mol. The summed E-state index contributed by atoms with van der Waals surface area (Å²) in [5.41, 5.74) is 7.11. The summed E-state index contributed by atoms with van der Waals surface area (Å²) in [5, 5.41) is 0. The van der Waals surface area contributed by atoms with Crippen molar-refractivity contribution in [3.8, 4) is 0 Å². The molecule has 1 aliphatic heterocycles. The minimum atomic E-state index is -0.00324. The Morgan fingerprint density at radius 3 is 2.70 bits per heavy atom. The third-order valence-electron chi connectivity index (χ3n) is 3.85. The van der Waals surface area contributed by atoms with Crippen LogP contribution in [0.2, 0.25) is 0 Å². The van der Waals surface area contributed by atoms with E-state index in [9.17, 15) is 4.79 Å². The highest BCUT2D eigenvalue weighted by Gasteiger charge is 2.28. The van der Waals surface area contributed by atoms with E-state index in [-0.39, 0.29) is 30.3 Å². The van der Waals surface area contributed by atoms with Crippen molar-refractivity contribution in [1.82, 2.24) is 4.90 Å². The molecular formula is C16H25ClN2O. The Morgan fingerprint density at radius 2 is 2.10 bits per heavy atom. The van der Waals surface area contributed by atoms with Crippen LogP contribution in [-0.4, -0.2) is 29.9 Å². The largest absolute Gasteiger partial charge is 0.341 e. The average Bonchev–Trinajstić information content (AvgIpc) is 2.45. The van der Waals surface area contributed by atoms with Crippen molar-refractivity contribution in [2.45, 2.75) is 44.6 Å². The Bertz CT molecular complexity index is 410. The first kappa shape index (κ1) is 17.0. The van der Waals surface area contributed by atoms with Gasteiger partial charge < -0.3 is 10.6 Å². The van der Waals surface area contributed by atoms with Crippen molar-refractivity contribution in [3.63, 3.8) is 0 Å². The molecule has 0 bridgehead atoms. The number of hydrogen-bond acceptors (Lipinski definition) is 2. The van der Waals surface area contributed by atoms with Gasteiger partial charge in [-0.2, -0.15) is 0 Å². The standard InChI is InChI=1S/C16H24N2O.ClH/c1-2-7-15(13-8-4-3-5-9-13)16(19)18-11-6-10-14(17)12-18;/h3-5,8-9,14-15H,2,6-7,10-12,17H2,1H3;1H. The van der Waals surface area contributed by atoms with Gasteiger partial charge in [0.25, 0.3) is 0 Å². The summed E-state index contributed by atoms with van der Waals surface area (Å²) in [5.74, 6) is 0.250. The van der Waals surface area contributed by atoms with Gasteiger partial charge in [-0.25, -0.2) is 0 Å². The topological polar surface area (TPSA) is 46.3 Å². The summed E-state index contributed by atoms with van der Waals surface area (Å²) >= 11 is 0. The molecule has 0 saturated carbocycles. The fourth-order valence-electron chi connectivity index (χ4n) is 2.84. The number of halogens is 1. The van der Waals surface area contributed by atoms with E-state index >= 15 is 0 Å². The van der Waals surface area contributed by atoms with Gasteiger partial charge in [-0.1, -0.05) is 43.7 Å². The van der Waals surface area contributed by atoms with Crippen LogP contribution in [0.4, 0.5) is 0 Å². The van der Waals surface area contributed by atoms with Crippen LogP contribution in [0.5, 0.6) is 0 Å². The second kappa shape index (κ2) is 8.28. The summed E-state index contributed by atoms with van der Waals surface area (Å²) in [6.07, 6.45) is 3.99. The summed E-state index contributed by atoms with van der Waals surface area (Å²) < 4.78 is 0. The number of hydrogen-bond donors (Lipinski definition) is 1. The van der Waals surface area contributed by atoms with E-state index in [1.807, 2.05) is 23.1 Å². The molecule has 2 atom stereocenters. The Hall–Kier alpha value is -1.06. The molecule has 0 radical (unpaired) electrons. The lowest BCUT2D eigenvalue weighted by molar-refractivity contribution is -0.134. The van der Waals surface area contributed by atoms with E-state index in [1.54, 1.807) is 0 Å². The number of benzene rings is 1. The molecule has 4 heteroatoms. The Balaban J connectivity index is 0.00000200. The first-order valence-corrected chi connectivity index (χ1v) is 7.31. The molecule has 0 aliphatic carbocycles. The molecular weight excluding hydrogens is 272 g/mol. The second-order valence-corrected chi connectivity index (χ2v) is 5.44. The predicted octanol–water partition coefficient (Wildman–Crippen LogP) is 2.94. The maximum absolute atomic E-state index is 12.7. The first-order valence-electron chi connectivity index (χ1n) is 7.31. The highest BCUT2D eigenvalue weighted by Crippen LogP contribution is 2.25. The van der Waals surface area contributed by atoms with Crippen LogP contribution in [0, 0.1) is 0 Å². The van der Waals surface area contributed by atoms with Crippen molar-refractivity contribution >= 4 is 18.3 Å². The first-order chi connectivity index (χ1) is 9.22. The van der Waals surface area contributed by atoms with Gasteiger partial charge in [-0.3, -0.25) is 4.79 Å². The van der Waals surface area contributed by atoms with Crippen molar-refractivity contribution in [2.75, 3.05) is 13.1 Å². The number of nitrogens with zero attached hydrogens (tertiary/aromatic N) is 1. The molecule has 1 aromatic rings. The molecule has 1 saturated heterocycles. The van der Waals surface area contributed by atoms with E-state index in [2.05, 4.69) is 19.1 Å². The number of amides is 1. The number of nitrogens with two attached hydrogens (primary N) is 1. The van der Waals surface area contributed by atoms with Crippen LogP contribution in [0.3, 0.4) is 0 Å². The quantitative estimate of drug-likeness (QED) is 0.928. The summed E-state index contributed by atoms with van der Waals surface area (Å²) in [6, 6.07) is 10.3. The maximum atomic E-state index is 12.7. The fraction of sp³-hybridized carbons (Fsp3) is 0.562. The molecule has 112 valence electrons. The monoisotopic (exact) mass is 296 g/mol. The molecule has 1 heterocycles. The normalized spacial score (nSPS) is 20.1. The van der Waals surface area contributed by atoms with E-state index in [0.29, 0.717) is 6.54 Å². The molecule has 1 fully saturated rings. The van der Waals surface area contributed by atoms with E-state index < -0.39 is 0 Å². The van der Waals surface area contributed by atoms with Crippen molar-refractivity contribution in [1.29, 1.82) is 0 Å². The van der Waals surface area contributed by atoms with Gasteiger partial charge in [0.1, 0.15) is 0 Å². The van der Waals surface area contributed by atoms with Crippen molar-refractivity contribution < 1.29 is 4.79 Å². The van der Waals surface area contributed by atoms with E-state index in [0.717, 1.165) is 37.8 Å². The molecule has 20 heavy (non-hydrogen) atoms. The van der Waals surface area contributed by atoms with Crippen LogP contribution in [0.1, 0.15) is 44.1 Å². The van der Waals surface area contributed by atoms with Gasteiger partial charge >= 0.3 is 0 Å². The summed E-state index contributed by atoms with van der Waals surface area (Å²) in [6.45, 7) is 3.70. The number of piperidine rings is 1. The lowest BCUT2D eigenvalue weighted by Gasteiger charge is -2.33. The van der Waals surface area contributed by atoms with Crippen LogP contribution in [-0.2, 0) is 4.79 Å². The van der Waals surface area contributed by atoms with E-state index in [4.69, 9.17) is 5.73 Å². The molecule has 2 N–H and O–H groups in total. The van der Waals surface area contributed by atoms with Crippen LogP contribution >= 0.6 is 12.4 Å². The van der Waals surface area contributed by atoms with Gasteiger partial charge in [0.05, 0.1) is 5.92 Å². The minimum absolute atomic E-state index is 0. The van der Waals surface area contributed by atoms with Crippen LogP contribution < -0.4 is 5.73 Å². The Kier molecular flexibility index (Phi) is 7.03. The van der Waals surface area contributed by atoms with Gasteiger partial charge in [-0.15, -0.1) is 12.4 Å². The summed E-state index contributed by atoms with van der Waals surface area (Å²) in [4.78, 5) is 14.7. The number of likely N-dealkylation sites (tertiary alicyclic amines) is 1. The highest BCUT2D eigenvalue weighted by molar-refractivity contribution is 5.85. The minimum Gasteiger partial charge on any atom is -0.341 e. The third kappa shape index (κ3) is 4.22. The molecule has 1 aliphatic rings. The summed E-state index contributed by atoms with van der Waals surface area (Å²) in [7, 11) is 0.